The molecule has 0 heterocycles. The van der Waals surface area contributed by atoms with E-state index in [1.165, 1.54) is 18.2 Å². The number of rotatable bonds is 5. The number of aromatic hydroxyl groups is 1. The molecular formula is C13H9BrClN3O5S. The van der Waals surface area contributed by atoms with E-state index in [0.717, 1.165) is 12.3 Å². The van der Waals surface area contributed by atoms with Crippen LogP contribution in [0.3, 0.4) is 0 Å². The molecule has 8 nitrogen and oxygen atoms in total. The average molecular weight is 435 g/mol. The van der Waals surface area contributed by atoms with Crippen molar-refractivity contribution in [2.24, 2.45) is 5.10 Å². The molecule has 2 aromatic rings. The molecule has 0 amide bonds. The van der Waals surface area contributed by atoms with Crippen LogP contribution in [0.15, 0.2) is 50.9 Å². The second-order valence-electron chi connectivity index (χ2n) is 4.43. The summed E-state index contributed by atoms with van der Waals surface area (Å²) in [7, 11) is -3.91. The van der Waals surface area contributed by atoms with E-state index in [9.17, 15) is 23.6 Å². The number of benzene rings is 2. The molecule has 0 spiro atoms. The SMILES string of the molecule is O=[N+]([O-])c1cc(Cl)cc(/C=N/NS(=O)(=O)c2ccc(Br)cc2)c1O. The van der Waals surface area contributed by atoms with Gasteiger partial charge in [0.15, 0.2) is 0 Å². The van der Waals surface area contributed by atoms with E-state index in [-0.39, 0.29) is 15.5 Å². The zero-order valence-corrected chi connectivity index (χ0v) is 14.8. The summed E-state index contributed by atoms with van der Waals surface area (Å²) in [5.74, 6) is -0.670. The van der Waals surface area contributed by atoms with Crippen molar-refractivity contribution in [1.29, 1.82) is 0 Å². The van der Waals surface area contributed by atoms with Gasteiger partial charge in [-0.1, -0.05) is 27.5 Å². The number of nitrogens with one attached hydrogen (secondary N) is 1. The quantitative estimate of drug-likeness (QED) is 0.425. The van der Waals surface area contributed by atoms with Gasteiger partial charge in [-0.25, -0.2) is 4.83 Å². The highest BCUT2D eigenvalue weighted by atomic mass is 79.9. The third-order valence-electron chi connectivity index (χ3n) is 2.78. The first-order chi connectivity index (χ1) is 11.2. The van der Waals surface area contributed by atoms with Crippen LogP contribution < -0.4 is 4.83 Å². The Hall–Kier alpha value is -2.17. The van der Waals surface area contributed by atoms with Crippen molar-refractivity contribution in [3.8, 4) is 5.75 Å². The molecule has 0 aliphatic carbocycles. The number of sulfonamides is 1. The van der Waals surface area contributed by atoms with E-state index in [0.29, 0.717) is 4.47 Å². The molecule has 24 heavy (non-hydrogen) atoms. The summed E-state index contributed by atoms with van der Waals surface area (Å²) >= 11 is 8.91. The Morgan fingerprint density at radius 1 is 1.29 bits per heavy atom. The van der Waals surface area contributed by atoms with Gasteiger partial charge in [0.2, 0.25) is 5.75 Å². The van der Waals surface area contributed by atoms with Crippen LogP contribution in [0.25, 0.3) is 0 Å². The van der Waals surface area contributed by atoms with Crippen molar-refractivity contribution >= 4 is 49.5 Å². The second kappa shape index (κ2) is 7.16. The van der Waals surface area contributed by atoms with Crippen molar-refractivity contribution < 1.29 is 18.4 Å². The van der Waals surface area contributed by atoms with Gasteiger partial charge in [0.1, 0.15) is 0 Å². The highest BCUT2D eigenvalue weighted by molar-refractivity contribution is 9.10. The van der Waals surface area contributed by atoms with Crippen molar-refractivity contribution in [2.45, 2.75) is 4.90 Å². The molecule has 0 atom stereocenters. The Balaban J connectivity index is 2.26. The Labute approximate surface area is 150 Å². The van der Waals surface area contributed by atoms with Gasteiger partial charge < -0.3 is 5.11 Å². The zero-order valence-electron chi connectivity index (χ0n) is 11.7. The Morgan fingerprint density at radius 2 is 1.92 bits per heavy atom. The lowest BCUT2D eigenvalue weighted by Gasteiger charge is -2.04. The average Bonchev–Trinajstić information content (AvgIpc) is 2.50. The van der Waals surface area contributed by atoms with Gasteiger partial charge in [0, 0.05) is 21.1 Å². The van der Waals surface area contributed by atoms with E-state index < -0.39 is 26.4 Å². The van der Waals surface area contributed by atoms with E-state index in [2.05, 4.69) is 21.0 Å². The summed E-state index contributed by atoms with van der Waals surface area (Å²) in [4.78, 5) is 11.9. The van der Waals surface area contributed by atoms with Gasteiger partial charge in [-0.2, -0.15) is 13.5 Å². The van der Waals surface area contributed by atoms with Crippen molar-refractivity contribution in [1.82, 2.24) is 4.83 Å². The third-order valence-corrected chi connectivity index (χ3v) is 4.77. The molecule has 0 radical (unpaired) electrons. The number of phenolic OH excluding ortho intramolecular Hbond substituents is 1. The number of hydrogen-bond donors (Lipinski definition) is 2. The molecule has 0 aliphatic heterocycles. The lowest BCUT2D eigenvalue weighted by molar-refractivity contribution is -0.385. The minimum Gasteiger partial charge on any atom is -0.502 e. The molecule has 2 N–H and O–H groups in total. The summed E-state index contributed by atoms with van der Waals surface area (Å²) < 4.78 is 24.8. The van der Waals surface area contributed by atoms with Crippen LogP contribution in [-0.2, 0) is 10.0 Å². The summed E-state index contributed by atoms with van der Waals surface area (Å²) in [6, 6.07) is 8.00. The van der Waals surface area contributed by atoms with E-state index in [4.69, 9.17) is 11.6 Å². The first-order valence-corrected chi connectivity index (χ1v) is 8.83. The number of hydrogen-bond acceptors (Lipinski definition) is 6. The summed E-state index contributed by atoms with van der Waals surface area (Å²) in [6.45, 7) is 0. The molecule has 2 aromatic carbocycles. The Kier molecular flexibility index (Phi) is 5.42. The van der Waals surface area contributed by atoms with Crippen LogP contribution in [0.5, 0.6) is 5.75 Å². The van der Waals surface area contributed by atoms with Gasteiger partial charge in [0.25, 0.3) is 10.0 Å². The summed E-state index contributed by atoms with van der Waals surface area (Å²) in [5, 5.41) is 24.1. The largest absolute Gasteiger partial charge is 0.502 e. The fourth-order valence-electron chi connectivity index (χ4n) is 1.67. The predicted octanol–water partition coefficient (Wildman–Crippen LogP) is 3.03. The van der Waals surface area contributed by atoms with E-state index >= 15 is 0 Å². The molecule has 0 aliphatic rings. The molecule has 11 heteroatoms. The van der Waals surface area contributed by atoms with Crippen LogP contribution in [-0.4, -0.2) is 24.7 Å². The topological polar surface area (TPSA) is 122 Å². The Bertz CT molecular complexity index is 916. The fourth-order valence-corrected chi connectivity index (χ4v) is 2.95. The molecule has 0 saturated heterocycles. The van der Waals surface area contributed by atoms with Crippen molar-refractivity contribution in [2.75, 3.05) is 0 Å². The molecule has 126 valence electrons. The first kappa shape index (κ1) is 18.2. The van der Waals surface area contributed by atoms with Crippen molar-refractivity contribution in [3.63, 3.8) is 0 Å². The standard InChI is InChI=1S/C13H9BrClN3O5S/c14-9-1-3-11(4-2-9)24(22,23)17-16-7-8-5-10(15)6-12(13(8)19)18(20)21/h1-7,17,19H/b16-7+. The highest BCUT2D eigenvalue weighted by Crippen LogP contribution is 2.32. The summed E-state index contributed by atoms with van der Waals surface area (Å²) in [6.07, 6.45) is 0.921. The molecular weight excluding hydrogens is 426 g/mol. The van der Waals surface area contributed by atoms with Gasteiger partial charge >= 0.3 is 5.69 Å². The van der Waals surface area contributed by atoms with Gasteiger partial charge in [-0.05, 0) is 30.3 Å². The van der Waals surface area contributed by atoms with Crippen molar-refractivity contribution in [3.05, 3.63) is 61.6 Å². The molecule has 0 unspecified atom stereocenters. The monoisotopic (exact) mass is 433 g/mol. The van der Waals surface area contributed by atoms with Gasteiger partial charge in [-0.3, -0.25) is 10.1 Å². The molecule has 0 saturated carbocycles. The number of nitro benzene ring substituents is 1. The van der Waals surface area contributed by atoms with E-state index in [1.54, 1.807) is 12.1 Å². The maximum absolute atomic E-state index is 12.0. The maximum Gasteiger partial charge on any atom is 0.312 e. The zero-order chi connectivity index (χ0) is 17.9. The molecule has 0 fully saturated rings. The maximum atomic E-state index is 12.0. The third kappa shape index (κ3) is 4.22. The molecule has 0 bridgehead atoms. The summed E-state index contributed by atoms with van der Waals surface area (Å²) in [5.41, 5.74) is -0.715. The van der Waals surface area contributed by atoms with Gasteiger partial charge in [0.05, 0.1) is 16.0 Å². The van der Waals surface area contributed by atoms with Crippen LogP contribution in [0.1, 0.15) is 5.56 Å². The van der Waals surface area contributed by atoms with Crippen LogP contribution >= 0.6 is 27.5 Å². The normalized spacial score (nSPS) is 11.6. The lowest BCUT2D eigenvalue weighted by Crippen LogP contribution is -2.18. The second-order valence-corrected chi connectivity index (χ2v) is 7.44. The van der Waals surface area contributed by atoms with Crippen LogP contribution in [0, 0.1) is 10.1 Å². The fraction of sp³-hybridized carbons (Fsp3) is 0. The predicted molar refractivity (Wildman–Crippen MR) is 91.8 cm³/mol. The minimum absolute atomic E-state index is 0.00304. The number of halogens is 2. The lowest BCUT2D eigenvalue weighted by atomic mass is 10.2. The number of hydrazone groups is 1. The van der Waals surface area contributed by atoms with Crippen LogP contribution in [0.2, 0.25) is 5.02 Å². The number of nitrogens with zero attached hydrogens (tertiary/aromatic N) is 2. The number of phenols is 1. The first-order valence-electron chi connectivity index (χ1n) is 6.18. The van der Waals surface area contributed by atoms with Crippen LogP contribution in [0.4, 0.5) is 5.69 Å². The van der Waals surface area contributed by atoms with Gasteiger partial charge in [-0.15, -0.1) is 0 Å². The molecule has 2 rings (SSSR count). The smallest absolute Gasteiger partial charge is 0.312 e. The van der Waals surface area contributed by atoms with E-state index in [1.807, 2.05) is 4.83 Å². The molecule has 0 aromatic heterocycles. The Morgan fingerprint density at radius 3 is 2.50 bits per heavy atom. The minimum atomic E-state index is -3.91. The highest BCUT2D eigenvalue weighted by Gasteiger charge is 2.18. The number of nitro groups is 1.